The second-order valence-electron chi connectivity index (χ2n) is 10.2. The first kappa shape index (κ1) is 22.8. The molecule has 4 heterocycles. The van der Waals surface area contributed by atoms with Gasteiger partial charge in [-0.05, 0) is 55.2 Å². The van der Waals surface area contributed by atoms with Gasteiger partial charge in [0.1, 0.15) is 24.0 Å². The van der Waals surface area contributed by atoms with Crippen molar-refractivity contribution in [2.45, 2.75) is 46.2 Å². The Morgan fingerprint density at radius 3 is 2.61 bits per heavy atom. The molecule has 8 nitrogen and oxygen atoms in total. The topological polar surface area (TPSA) is 91.0 Å². The van der Waals surface area contributed by atoms with Gasteiger partial charge in [0.15, 0.2) is 0 Å². The van der Waals surface area contributed by atoms with Gasteiger partial charge >= 0.3 is 0 Å². The van der Waals surface area contributed by atoms with Crippen molar-refractivity contribution in [2.24, 2.45) is 0 Å². The van der Waals surface area contributed by atoms with E-state index in [0.29, 0.717) is 24.5 Å². The van der Waals surface area contributed by atoms with Gasteiger partial charge in [0, 0.05) is 36.5 Å². The maximum atomic E-state index is 6.19. The first-order chi connectivity index (χ1) is 17.4. The molecule has 0 radical (unpaired) electrons. The third kappa shape index (κ3) is 4.26. The number of hydrogen-bond donors (Lipinski definition) is 3. The third-order valence-corrected chi connectivity index (χ3v) is 7.08. The van der Waals surface area contributed by atoms with Crippen LogP contribution in [0.5, 0.6) is 5.75 Å². The number of benzene rings is 2. The highest BCUT2D eigenvalue weighted by atomic mass is 16.5. The van der Waals surface area contributed by atoms with E-state index in [-0.39, 0.29) is 0 Å². The normalized spacial score (nSPS) is 16.0. The molecule has 0 amide bonds. The maximum Gasteiger partial charge on any atom is 0.225 e. The maximum absolute atomic E-state index is 6.19. The molecular formula is C28H33N7O. The molecule has 6 rings (SSSR count). The lowest BCUT2D eigenvalue weighted by molar-refractivity contribution is 0.331. The zero-order chi connectivity index (χ0) is 24.8. The van der Waals surface area contributed by atoms with Crippen LogP contribution in [-0.4, -0.2) is 52.2 Å². The zero-order valence-electron chi connectivity index (χ0n) is 21.4. The first-order valence-electron chi connectivity index (χ1n) is 12.8. The van der Waals surface area contributed by atoms with E-state index in [2.05, 4.69) is 82.7 Å². The minimum atomic E-state index is 0.319. The molecular weight excluding hydrogens is 450 g/mol. The molecule has 4 aromatic rings. The summed E-state index contributed by atoms with van der Waals surface area (Å²) >= 11 is 0. The average Bonchev–Trinajstić information content (AvgIpc) is 3.06. The van der Waals surface area contributed by atoms with Crippen LogP contribution in [0.1, 0.15) is 42.4 Å². The summed E-state index contributed by atoms with van der Waals surface area (Å²) < 4.78 is 6.19. The van der Waals surface area contributed by atoms with Crippen LogP contribution in [0.4, 0.5) is 11.8 Å². The molecule has 0 spiro atoms. The van der Waals surface area contributed by atoms with Crippen LogP contribution in [0.2, 0.25) is 0 Å². The summed E-state index contributed by atoms with van der Waals surface area (Å²) in [6.45, 7) is 12.5. The molecule has 0 bridgehead atoms. The van der Waals surface area contributed by atoms with E-state index in [1.165, 1.54) is 5.56 Å². The van der Waals surface area contributed by atoms with E-state index < -0.39 is 0 Å². The van der Waals surface area contributed by atoms with Gasteiger partial charge in [-0.3, -0.25) is 0 Å². The molecule has 2 aromatic heterocycles. The number of fused-ring (bicyclic) bond motifs is 2. The Bertz CT molecular complexity index is 1420. The molecule has 36 heavy (non-hydrogen) atoms. The second kappa shape index (κ2) is 9.09. The molecule has 1 fully saturated rings. The summed E-state index contributed by atoms with van der Waals surface area (Å²) in [7, 11) is 0. The van der Waals surface area contributed by atoms with Gasteiger partial charge in [0.05, 0.1) is 23.6 Å². The number of nitrogens with zero attached hydrogens (tertiary/aromatic N) is 4. The largest absolute Gasteiger partial charge is 0.491 e. The quantitative estimate of drug-likeness (QED) is 0.384. The number of rotatable bonds is 5. The molecule has 2 aliphatic rings. The Kier molecular flexibility index (Phi) is 5.76. The number of ether oxygens (including phenoxy) is 1. The van der Waals surface area contributed by atoms with Gasteiger partial charge < -0.3 is 25.3 Å². The van der Waals surface area contributed by atoms with Gasteiger partial charge in [0.25, 0.3) is 0 Å². The van der Waals surface area contributed by atoms with E-state index in [4.69, 9.17) is 14.7 Å². The minimum absolute atomic E-state index is 0.319. The highest BCUT2D eigenvalue weighted by Crippen LogP contribution is 2.35. The SMILES string of the molecule is Cc1nc2ccc(-c3ccc4c(c3)CN(c3nc(NC5CNC5)nc(C)c3C(C)C)CCO4)cc2[nH]1. The molecule has 0 aliphatic carbocycles. The smallest absolute Gasteiger partial charge is 0.225 e. The fourth-order valence-electron chi connectivity index (χ4n) is 5.19. The van der Waals surface area contributed by atoms with Gasteiger partial charge in [-0.15, -0.1) is 0 Å². The fraction of sp³-hybridized carbons (Fsp3) is 0.393. The van der Waals surface area contributed by atoms with Crippen LogP contribution < -0.4 is 20.3 Å². The highest BCUT2D eigenvalue weighted by molar-refractivity contribution is 5.82. The number of nitrogens with one attached hydrogen (secondary N) is 3. The number of H-pyrrole nitrogens is 1. The van der Waals surface area contributed by atoms with E-state index in [1.54, 1.807) is 0 Å². The predicted octanol–water partition coefficient (Wildman–Crippen LogP) is 4.54. The van der Waals surface area contributed by atoms with Gasteiger partial charge in [-0.2, -0.15) is 4.98 Å². The predicted molar refractivity (Wildman–Crippen MR) is 144 cm³/mol. The molecule has 0 atom stereocenters. The van der Waals surface area contributed by atoms with Crippen LogP contribution in [0.3, 0.4) is 0 Å². The summed E-state index contributed by atoms with van der Waals surface area (Å²) in [5.74, 6) is 3.90. The standard InChI is InChI=1S/C28H33N7O/c1-16(2)26-17(3)30-28(33-22-13-29-14-22)34-27(26)35-9-10-36-25-8-6-19(11-21(25)15-35)20-5-7-23-24(12-20)32-18(4)31-23/h5-8,11-12,16,22,29H,9-10,13-15H2,1-4H3,(H,31,32)(H,30,33,34). The Morgan fingerprint density at radius 2 is 1.83 bits per heavy atom. The molecule has 0 unspecified atom stereocenters. The summed E-state index contributed by atoms with van der Waals surface area (Å²) in [6.07, 6.45) is 0. The monoisotopic (exact) mass is 483 g/mol. The van der Waals surface area contributed by atoms with Crippen molar-refractivity contribution in [1.29, 1.82) is 0 Å². The van der Waals surface area contributed by atoms with Crippen LogP contribution in [0, 0.1) is 13.8 Å². The van der Waals surface area contributed by atoms with E-state index in [1.807, 2.05) is 6.92 Å². The molecule has 0 saturated carbocycles. The van der Waals surface area contributed by atoms with Gasteiger partial charge in [-0.25, -0.2) is 9.97 Å². The van der Waals surface area contributed by atoms with Crippen molar-refractivity contribution in [1.82, 2.24) is 25.3 Å². The molecule has 2 aliphatic heterocycles. The summed E-state index contributed by atoms with van der Waals surface area (Å²) in [4.78, 5) is 20.1. The second-order valence-corrected chi connectivity index (χ2v) is 10.2. The van der Waals surface area contributed by atoms with E-state index in [0.717, 1.165) is 77.0 Å². The molecule has 3 N–H and O–H groups in total. The minimum Gasteiger partial charge on any atom is -0.491 e. The van der Waals surface area contributed by atoms with Crippen molar-refractivity contribution in [2.75, 3.05) is 36.5 Å². The van der Waals surface area contributed by atoms with Crippen LogP contribution >= 0.6 is 0 Å². The van der Waals surface area contributed by atoms with Gasteiger partial charge in [0.2, 0.25) is 5.95 Å². The van der Waals surface area contributed by atoms with Crippen molar-refractivity contribution >= 4 is 22.8 Å². The lowest BCUT2D eigenvalue weighted by Crippen LogP contribution is -2.51. The zero-order valence-corrected chi connectivity index (χ0v) is 21.4. The van der Waals surface area contributed by atoms with E-state index in [9.17, 15) is 0 Å². The number of aromatic nitrogens is 4. The van der Waals surface area contributed by atoms with E-state index >= 15 is 0 Å². The fourth-order valence-corrected chi connectivity index (χ4v) is 5.19. The molecule has 1 saturated heterocycles. The Balaban J connectivity index is 1.36. The third-order valence-electron chi connectivity index (χ3n) is 7.08. The van der Waals surface area contributed by atoms with Crippen molar-refractivity contribution in [3.05, 3.63) is 59.0 Å². The molecule has 2 aromatic carbocycles. The lowest BCUT2D eigenvalue weighted by atomic mass is 10.00. The number of aryl methyl sites for hydroxylation is 2. The number of aromatic amines is 1. The Morgan fingerprint density at radius 1 is 1.03 bits per heavy atom. The molecule has 186 valence electrons. The number of imidazole rings is 1. The van der Waals surface area contributed by atoms with Crippen molar-refractivity contribution in [3.8, 4) is 16.9 Å². The van der Waals surface area contributed by atoms with Crippen molar-refractivity contribution < 1.29 is 4.74 Å². The lowest BCUT2D eigenvalue weighted by Gasteiger charge is -2.30. The van der Waals surface area contributed by atoms with Crippen LogP contribution in [-0.2, 0) is 6.54 Å². The average molecular weight is 484 g/mol. The number of anilines is 2. The Hall–Kier alpha value is -3.65. The van der Waals surface area contributed by atoms with Crippen LogP contribution in [0.15, 0.2) is 36.4 Å². The summed E-state index contributed by atoms with van der Waals surface area (Å²) in [5, 5.41) is 6.80. The highest BCUT2D eigenvalue weighted by Gasteiger charge is 2.25. The first-order valence-corrected chi connectivity index (χ1v) is 12.8. The summed E-state index contributed by atoms with van der Waals surface area (Å²) in [6, 6.07) is 13.3. The number of hydrogen-bond acceptors (Lipinski definition) is 7. The molecule has 8 heteroatoms. The van der Waals surface area contributed by atoms with Crippen molar-refractivity contribution in [3.63, 3.8) is 0 Å². The Labute approximate surface area is 211 Å². The van der Waals surface area contributed by atoms with Gasteiger partial charge in [-0.1, -0.05) is 26.0 Å². The van der Waals surface area contributed by atoms with Crippen LogP contribution in [0.25, 0.3) is 22.2 Å². The summed E-state index contributed by atoms with van der Waals surface area (Å²) in [5.41, 5.74) is 7.76.